The lowest BCUT2D eigenvalue weighted by Gasteiger charge is -2.24. The maximum Gasteiger partial charge on any atom is 0.410 e. The molecule has 0 bridgehead atoms. The van der Waals surface area contributed by atoms with Crippen LogP contribution in [0.4, 0.5) is 4.79 Å². The van der Waals surface area contributed by atoms with Crippen molar-refractivity contribution in [2.45, 2.75) is 16.9 Å². The molecule has 6 nitrogen and oxygen atoms in total. The van der Waals surface area contributed by atoms with E-state index in [1.165, 1.54) is 19.2 Å². The highest BCUT2D eigenvalue weighted by molar-refractivity contribution is 6.68. The number of alkyl halides is 3. The average molecular weight is 371 g/mol. The van der Waals surface area contributed by atoms with Gasteiger partial charge in [0.1, 0.15) is 5.75 Å². The van der Waals surface area contributed by atoms with Crippen LogP contribution in [0.15, 0.2) is 24.3 Å². The molecule has 122 valence electrons. The third-order valence-corrected chi connectivity index (χ3v) is 2.97. The zero-order valence-electron chi connectivity index (χ0n) is 11.8. The van der Waals surface area contributed by atoms with E-state index in [0.717, 1.165) is 0 Å². The molecule has 0 radical (unpaired) electrons. The number of benzene rings is 1. The minimum Gasteiger partial charge on any atom is -0.497 e. The first-order chi connectivity index (χ1) is 10.3. The lowest BCUT2D eigenvalue weighted by molar-refractivity contribution is 0.0219. The van der Waals surface area contributed by atoms with E-state index >= 15 is 0 Å². The van der Waals surface area contributed by atoms with Crippen molar-refractivity contribution in [3.8, 4) is 5.75 Å². The van der Waals surface area contributed by atoms with Crippen LogP contribution in [0, 0.1) is 0 Å². The molecule has 1 amide bonds. The Morgan fingerprint density at radius 3 is 2.27 bits per heavy atom. The van der Waals surface area contributed by atoms with Gasteiger partial charge in [-0.25, -0.2) is 9.59 Å². The van der Waals surface area contributed by atoms with Crippen LogP contribution in [-0.4, -0.2) is 35.8 Å². The summed E-state index contributed by atoms with van der Waals surface area (Å²) in [5.74, 6) is -0.213. The summed E-state index contributed by atoms with van der Waals surface area (Å²) in [7, 11) is 1.50. The van der Waals surface area contributed by atoms with Crippen molar-refractivity contribution in [3.05, 3.63) is 29.8 Å². The molecule has 0 fully saturated rings. The Labute approximate surface area is 142 Å². The van der Waals surface area contributed by atoms with Gasteiger partial charge in [0.25, 0.3) is 0 Å². The highest BCUT2D eigenvalue weighted by atomic mass is 35.6. The van der Waals surface area contributed by atoms with Gasteiger partial charge in [-0.1, -0.05) is 34.8 Å². The van der Waals surface area contributed by atoms with Crippen LogP contribution in [0.1, 0.15) is 17.3 Å². The molecule has 0 unspecified atom stereocenters. The van der Waals surface area contributed by atoms with Crippen molar-refractivity contribution >= 4 is 46.9 Å². The number of hydrogen-bond acceptors (Lipinski definition) is 5. The van der Waals surface area contributed by atoms with Gasteiger partial charge in [0.05, 0.1) is 19.3 Å². The highest BCUT2D eigenvalue weighted by Crippen LogP contribution is 2.31. The maximum atomic E-state index is 12.0. The zero-order valence-corrected chi connectivity index (χ0v) is 14.0. The van der Waals surface area contributed by atoms with Gasteiger partial charge in [-0.05, 0) is 31.2 Å². The maximum absolute atomic E-state index is 12.0. The first kappa shape index (κ1) is 18.7. The van der Waals surface area contributed by atoms with Crippen LogP contribution >= 0.6 is 34.8 Å². The summed E-state index contributed by atoms with van der Waals surface area (Å²) < 4.78 is 12.6. The third kappa shape index (κ3) is 5.79. The lowest BCUT2D eigenvalue weighted by Crippen LogP contribution is -2.47. The molecule has 1 aromatic rings. The molecule has 0 aliphatic carbocycles. The Balaban J connectivity index is 2.79. The van der Waals surface area contributed by atoms with Crippen LogP contribution < -0.4 is 10.1 Å². The molecule has 0 spiro atoms. The van der Waals surface area contributed by atoms with Crippen molar-refractivity contribution in [2.75, 3.05) is 13.7 Å². The Hall–Kier alpha value is -1.37. The molecule has 1 rings (SSSR count). The zero-order chi connectivity index (χ0) is 16.8. The molecule has 1 aromatic carbocycles. The van der Waals surface area contributed by atoms with Gasteiger partial charge >= 0.3 is 12.1 Å². The molecular weight excluding hydrogens is 357 g/mol. The second kappa shape index (κ2) is 8.31. The fourth-order valence-electron chi connectivity index (χ4n) is 1.36. The molecule has 0 saturated heterocycles. The summed E-state index contributed by atoms with van der Waals surface area (Å²) in [4.78, 5) is 23.4. The molecule has 0 aliphatic heterocycles. The molecule has 1 atom stereocenters. The number of rotatable bonds is 5. The predicted molar refractivity (Wildman–Crippen MR) is 82.6 cm³/mol. The second-order valence-electron chi connectivity index (χ2n) is 3.92. The second-order valence-corrected chi connectivity index (χ2v) is 6.29. The molecule has 1 N–H and O–H groups in total. The normalized spacial score (nSPS) is 12.2. The van der Waals surface area contributed by atoms with Crippen LogP contribution in [0.3, 0.4) is 0 Å². The molecule has 9 heteroatoms. The largest absolute Gasteiger partial charge is 0.497 e. The van der Waals surface area contributed by atoms with Gasteiger partial charge in [-0.3, -0.25) is 5.32 Å². The van der Waals surface area contributed by atoms with Crippen molar-refractivity contribution < 1.29 is 23.8 Å². The molecule has 0 saturated carbocycles. The lowest BCUT2D eigenvalue weighted by atomic mass is 10.2. The van der Waals surface area contributed by atoms with Crippen LogP contribution in [0.2, 0.25) is 0 Å². The third-order valence-electron chi connectivity index (χ3n) is 2.37. The fourth-order valence-corrected chi connectivity index (χ4v) is 1.66. The number of methoxy groups -OCH3 is 1. The minimum absolute atomic E-state index is 0.116. The van der Waals surface area contributed by atoms with Crippen molar-refractivity contribution in [2.24, 2.45) is 0 Å². The summed E-state index contributed by atoms with van der Waals surface area (Å²) >= 11 is 17.1. The summed E-state index contributed by atoms with van der Waals surface area (Å²) in [5.41, 5.74) is 0.200. The topological polar surface area (TPSA) is 73.9 Å². The number of carbonyl (C=O) groups is 2. The van der Waals surface area contributed by atoms with Gasteiger partial charge in [0.15, 0.2) is 0 Å². The van der Waals surface area contributed by atoms with Crippen molar-refractivity contribution in [1.29, 1.82) is 0 Å². The molecular formula is C13H14Cl3NO5. The Bertz CT molecular complexity index is 515. The summed E-state index contributed by atoms with van der Waals surface area (Å²) in [6.07, 6.45) is -2.38. The number of alkyl carbamates (subject to hydrolysis) is 1. The molecule has 0 heterocycles. The van der Waals surface area contributed by atoms with E-state index in [2.05, 4.69) is 10.1 Å². The minimum atomic E-state index is -2.06. The van der Waals surface area contributed by atoms with E-state index in [1.807, 2.05) is 0 Å². The van der Waals surface area contributed by atoms with E-state index < -0.39 is 22.1 Å². The van der Waals surface area contributed by atoms with Gasteiger partial charge in [0.2, 0.25) is 10.0 Å². The standard InChI is InChI=1S/C13H14Cl3NO5/c1-3-21-12(19)17-11(13(14,15)16)22-10(18)8-4-6-9(20-2)7-5-8/h4-7,11H,3H2,1-2H3,(H,17,19)/t11-/m1/s1. The van der Waals surface area contributed by atoms with Gasteiger partial charge in [-0.2, -0.15) is 0 Å². The first-order valence-corrected chi connectivity index (χ1v) is 7.26. The number of nitrogens with one attached hydrogen (secondary N) is 1. The van der Waals surface area contributed by atoms with Crippen LogP contribution in [-0.2, 0) is 9.47 Å². The van der Waals surface area contributed by atoms with Crippen molar-refractivity contribution in [3.63, 3.8) is 0 Å². The average Bonchev–Trinajstić information content (AvgIpc) is 2.46. The van der Waals surface area contributed by atoms with Gasteiger partial charge in [0, 0.05) is 0 Å². The number of hydrogen-bond donors (Lipinski definition) is 1. The quantitative estimate of drug-likeness (QED) is 0.489. The molecule has 0 aromatic heterocycles. The van der Waals surface area contributed by atoms with E-state index in [9.17, 15) is 9.59 Å². The smallest absolute Gasteiger partial charge is 0.410 e. The first-order valence-electron chi connectivity index (χ1n) is 6.13. The Morgan fingerprint density at radius 2 is 1.82 bits per heavy atom. The van der Waals surface area contributed by atoms with Crippen LogP contribution in [0.5, 0.6) is 5.75 Å². The van der Waals surface area contributed by atoms with Gasteiger partial charge < -0.3 is 14.2 Å². The highest BCUT2D eigenvalue weighted by Gasteiger charge is 2.38. The fraction of sp³-hybridized carbons (Fsp3) is 0.385. The summed E-state index contributed by atoms with van der Waals surface area (Å²) in [5, 5.41) is 2.16. The Morgan fingerprint density at radius 1 is 1.23 bits per heavy atom. The monoisotopic (exact) mass is 369 g/mol. The van der Waals surface area contributed by atoms with Crippen LogP contribution in [0.25, 0.3) is 0 Å². The van der Waals surface area contributed by atoms with Gasteiger partial charge in [-0.15, -0.1) is 0 Å². The van der Waals surface area contributed by atoms with Crippen molar-refractivity contribution in [1.82, 2.24) is 5.32 Å². The summed E-state index contributed by atoms with van der Waals surface area (Å²) in [6.45, 7) is 1.72. The predicted octanol–water partition coefficient (Wildman–Crippen LogP) is 3.29. The van der Waals surface area contributed by atoms with E-state index in [0.29, 0.717) is 5.75 Å². The number of halogens is 3. The number of ether oxygens (including phenoxy) is 3. The van der Waals surface area contributed by atoms with E-state index in [1.54, 1.807) is 19.1 Å². The van der Waals surface area contributed by atoms with E-state index in [-0.39, 0.29) is 12.2 Å². The molecule has 22 heavy (non-hydrogen) atoms. The number of esters is 1. The summed E-state index contributed by atoms with van der Waals surface area (Å²) in [6, 6.07) is 6.08. The Kier molecular flexibility index (Phi) is 7.06. The SMILES string of the molecule is CCOC(=O)N[C@H](OC(=O)c1ccc(OC)cc1)C(Cl)(Cl)Cl. The molecule has 0 aliphatic rings. The van der Waals surface area contributed by atoms with E-state index in [4.69, 9.17) is 44.3 Å². The number of carbonyl (C=O) groups excluding carboxylic acids is 2. The number of amides is 1.